The van der Waals surface area contributed by atoms with E-state index >= 15 is 0 Å². The highest BCUT2D eigenvalue weighted by Gasteiger charge is 2.34. The highest BCUT2D eigenvalue weighted by Crippen LogP contribution is 2.39. The molecule has 5 nitrogen and oxygen atoms in total. The number of ketones is 1. The van der Waals surface area contributed by atoms with E-state index in [0.717, 1.165) is 5.56 Å². The Kier molecular flexibility index (Phi) is 5.61. The third-order valence-electron chi connectivity index (χ3n) is 5.25. The van der Waals surface area contributed by atoms with Gasteiger partial charge in [0.05, 0.1) is 17.7 Å². The van der Waals surface area contributed by atoms with Gasteiger partial charge in [0.1, 0.15) is 17.3 Å². The van der Waals surface area contributed by atoms with Crippen LogP contribution in [0.4, 0.5) is 24.7 Å². The van der Waals surface area contributed by atoms with Crippen LogP contribution in [0.15, 0.2) is 78.5 Å². The summed E-state index contributed by atoms with van der Waals surface area (Å²) in [6.45, 7) is 1.69. The minimum Gasteiger partial charge on any atom is -0.507 e. The number of pyridine rings is 1. The van der Waals surface area contributed by atoms with E-state index in [-0.39, 0.29) is 23.7 Å². The smallest absolute Gasteiger partial charge is 0.507 e. The summed E-state index contributed by atoms with van der Waals surface area (Å²) in [6, 6.07) is 17.8. The molecule has 0 bridgehead atoms. The van der Waals surface area contributed by atoms with Crippen LogP contribution in [0.5, 0.6) is 5.75 Å². The molecule has 32 heavy (non-hydrogen) atoms. The Morgan fingerprint density at radius 1 is 1.09 bits per heavy atom. The van der Waals surface area contributed by atoms with E-state index < -0.39 is 18.0 Å². The number of carbonyl (C=O) groups is 1. The van der Waals surface area contributed by atoms with Crippen LogP contribution in [0, 0.1) is 0 Å². The third kappa shape index (κ3) is 4.30. The molecule has 0 fully saturated rings. The number of ether oxygens (including phenoxy) is 1. The molecule has 3 aromatic rings. The van der Waals surface area contributed by atoms with Crippen molar-refractivity contribution in [2.75, 3.05) is 11.4 Å². The van der Waals surface area contributed by atoms with Crippen LogP contribution in [0.1, 0.15) is 24.0 Å². The summed E-state index contributed by atoms with van der Waals surface area (Å²) in [5.74, 6) is -1.04. The first-order valence-electron chi connectivity index (χ1n) is 9.84. The summed E-state index contributed by atoms with van der Waals surface area (Å²) in [5, 5.41) is 10.9. The molecule has 2 heterocycles. The summed E-state index contributed by atoms with van der Waals surface area (Å²) in [7, 11) is 0. The van der Waals surface area contributed by atoms with Gasteiger partial charge in [-0.1, -0.05) is 43.3 Å². The Labute approximate surface area is 182 Å². The van der Waals surface area contributed by atoms with Gasteiger partial charge >= 0.3 is 6.36 Å². The van der Waals surface area contributed by atoms with Crippen molar-refractivity contribution in [3.63, 3.8) is 0 Å². The topological polar surface area (TPSA) is 62.7 Å². The first-order valence-corrected chi connectivity index (χ1v) is 9.84. The lowest BCUT2D eigenvalue weighted by Crippen LogP contribution is -2.31. The molecule has 0 spiro atoms. The van der Waals surface area contributed by atoms with E-state index in [1.165, 1.54) is 24.4 Å². The Hall–Kier alpha value is -3.81. The number of aliphatic hydroxyl groups is 1. The zero-order chi connectivity index (χ0) is 22.9. The minimum absolute atomic E-state index is 0.0542. The van der Waals surface area contributed by atoms with Crippen molar-refractivity contribution in [2.45, 2.75) is 19.2 Å². The van der Waals surface area contributed by atoms with Crippen molar-refractivity contribution in [3.8, 4) is 5.75 Å². The van der Waals surface area contributed by atoms with Crippen LogP contribution in [-0.2, 0) is 4.79 Å². The Balaban J connectivity index is 1.74. The number of aromatic nitrogens is 1. The van der Waals surface area contributed by atoms with Crippen LogP contribution >= 0.6 is 0 Å². The number of hydrogen-bond donors (Lipinski definition) is 1. The molecule has 0 aliphatic carbocycles. The van der Waals surface area contributed by atoms with Crippen LogP contribution in [0.3, 0.4) is 0 Å². The fourth-order valence-electron chi connectivity index (χ4n) is 3.68. The average Bonchev–Trinajstić information content (AvgIpc) is 2.78. The van der Waals surface area contributed by atoms with Gasteiger partial charge in [-0.2, -0.15) is 0 Å². The predicted octanol–water partition coefficient (Wildman–Crippen LogP) is 5.77. The number of hydrogen-bond acceptors (Lipinski definition) is 5. The van der Waals surface area contributed by atoms with Gasteiger partial charge < -0.3 is 14.7 Å². The van der Waals surface area contributed by atoms with Crippen molar-refractivity contribution in [3.05, 3.63) is 89.6 Å². The highest BCUT2D eigenvalue weighted by atomic mass is 19.4. The van der Waals surface area contributed by atoms with Gasteiger partial charge in [-0.05, 0) is 29.8 Å². The molecule has 0 radical (unpaired) electrons. The number of benzene rings is 2. The largest absolute Gasteiger partial charge is 0.573 e. The average molecular weight is 440 g/mol. The molecule has 164 valence electrons. The number of nitrogens with zero attached hydrogens (tertiary/aromatic N) is 2. The fraction of sp³-hybridized carbons (Fsp3) is 0.167. The Morgan fingerprint density at radius 3 is 2.56 bits per heavy atom. The molecule has 1 N–H and O–H groups in total. The third-order valence-corrected chi connectivity index (χ3v) is 5.25. The number of halogens is 3. The molecular formula is C24H19F3N2O3. The first kappa shape index (κ1) is 21.4. The molecule has 0 amide bonds. The summed E-state index contributed by atoms with van der Waals surface area (Å²) in [4.78, 5) is 19.2. The van der Waals surface area contributed by atoms with Gasteiger partial charge in [0.15, 0.2) is 5.78 Å². The molecule has 4 rings (SSSR count). The van der Waals surface area contributed by atoms with E-state index in [9.17, 15) is 23.1 Å². The summed E-state index contributed by atoms with van der Waals surface area (Å²) in [5.41, 5.74) is 1.62. The molecule has 0 saturated heterocycles. The monoisotopic (exact) mass is 440 g/mol. The molecule has 1 atom stereocenters. The molecule has 1 aliphatic heterocycles. The minimum atomic E-state index is -4.83. The normalized spacial score (nSPS) is 14.7. The first-order chi connectivity index (χ1) is 15.2. The Bertz CT molecular complexity index is 1180. The van der Waals surface area contributed by atoms with E-state index in [1.807, 2.05) is 30.3 Å². The maximum Gasteiger partial charge on any atom is 0.573 e. The number of alkyl halides is 3. The zero-order valence-electron chi connectivity index (χ0n) is 17.0. The quantitative estimate of drug-likeness (QED) is 0.546. The van der Waals surface area contributed by atoms with Crippen molar-refractivity contribution in [1.29, 1.82) is 0 Å². The molecule has 1 unspecified atom stereocenters. The maximum absolute atomic E-state index is 13.3. The lowest BCUT2D eigenvalue weighted by atomic mass is 9.89. The van der Waals surface area contributed by atoms with Crippen LogP contribution < -0.4 is 9.64 Å². The number of rotatable bonds is 5. The standard InChI is InChI=1S/C24H19F3N2O3/c1-15(16-7-3-2-4-8-16)21(30)20-14-29(23-19(22(20)31)11-6-12-28-23)17-9-5-10-18(13-17)32-24(25,26)27/h2-13,15,31H,14H2,1H3. The highest BCUT2D eigenvalue weighted by molar-refractivity contribution is 6.08. The zero-order valence-corrected chi connectivity index (χ0v) is 17.0. The van der Waals surface area contributed by atoms with Crippen LogP contribution in [-0.4, -0.2) is 28.8 Å². The van der Waals surface area contributed by atoms with Gasteiger partial charge in [-0.3, -0.25) is 4.79 Å². The van der Waals surface area contributed by atoms with E-state index in [0.29, 0.717) is 17.1 Å². The molecule has 2 aromatic carbocycles. The van der Waals surface area contributed by atoms with Gasteiger partial charge in [-0.15, -0.1) is 13.2 Å². The van der Waals surface area contributed by atoms with Gasteiger partial charge in [0.2, 0.25) is 0 Å². The Morgan fingerprint density at radius 2 is 1.84 bits per heavy atom. The maximum atomic E-state index is 13.3. The molecular weight excluding hydrogens is 421 g/mol. The lowest BCUT2D eigenvalue weighted by molar-refractivity contribution is -0.274. The van der Waals surface area contributed by atoms with E-state index in [4.69, 9.17) is 0 Å². The van der Waals surface area contributed by atoms with Crippen molar-refractivity contribution in [1.82, 2.24) is 4.98 Å². The molecule has 0 saturated carbocycles. The second kappa shape index (κ2) is 8.37. The fourth-order valence-corrected chi connectivity index (χ4v) is 3.68. The molecule has 1 aromatic heterocycles. The van der Waals surface area contributed by atoms with Gasteiger partial charge in [-0.25, -0.2) is 4.98 Å². The number of anilines is 2. The van der Waals surface area contributed by atoms with Crippen LogP contribution in [0.2, 0.25) is 0 Å². The van der Waals surface area contributed by atoms with E-state index in [1.54, 1.807) is 30.0 Å². The van der Waals surface area contributed by atoms with Gasteiger partial charge in [0, 0.05) is 23.9 Å². The predicted molar refractivity (Wildman–Crippen MR) is 114 cm³/mol. The number of Topliss-reactive ketones (excluding diaryl/α,β-unsaturated/α-hetero) is 1. The second-order valence-corrected chi connectivity index (χ2v) is 7.33. The van der Waals surface area contributed by atoms with E-state index in [2.05, 4.69) is 9.72 Å². The van der Waals surface area contributed by atoms with Crippen LogP contribution in [0.25, 0.3) is 5.76 Å². The van der Waals surface area contributed by atoms with Crippen molar-refractivity contribution in [2.24, 2.45) is 0 Å². The number of aliphatic hydroxyl groups excluding tert-OH is 1. The molecule has 8 heteroatoms. The summed E-state index contributed by atoms with van der Waals surface area (Å²) in [6.07, 6.45) is -3.32. The second-order valence-electron chi connectivity index (χ2n) is 7.33. The summed E-state index contributed by atoms with van der Waals surface area (Å²) < 4.78 is 42.1. The molecule has 1 aliphatic rings. The SMILES string of the molecule is CC(C(=O)C1=C(O)c2cccnc2N(c2cccc(OC(F)(F)F)c2)C1)c1ccccc1. The van der Waals surface area contributed by atoms with Crippen molar-refractivity contribution < 1.29 is 27.8 Å². The van der Waals surface area contributed by atoms with Gasteiger partial charge in [0.25, 0.3) is 0 Å². The number of fused-ring (bicyclic) bond motifs is 1. The number of carbonyl (C=O) groups excluding carboxylic acids is 1. The van der Waals surface area contributed by atoms with Crippen molar-refractivity contribution >= 4 is 23.0 Å². The lowest BCUT2D eigenvalue weighted by Gasteiger charge is -2.32. The summed E-state index contributed by atoms with van der Waals surface area (Å²) >= 11 is 0.